The molecule has 0 unspecified atom stereocenters. The molecule has 150 valence electrons. The van der Waals surface area contributed by atoms with Crippen LogP contribution in [0.2, 0.25) is 10.0 Å². The molecule has 0 bridgehead atoms. The number of fused-ring (bicyclic) bond motifs is 1. The van der Waals surface area contributed by atoms with E-state index in [9.17, 15) is 8.42 Å². The van der Waals surface area contributed by atoms with Crippen LogP contribution < -0.4 is 4.72 Å². The van der Waals surface area contributed by atoms with Gasteiger partial charge in [0.25, 0.3) is 10.0 Å². The second-order valence-corrected chi connectivity index (χ2v) is 9.07. The number of aromatic nitrogens is 1. The Morgan fingerprint density at radius 3 is 2.29 bits per heavy atom. The minimum atomic E-state index is -3.82. The molecular weight excluding hydrogens is 441 g/mol. The molecule has 0 spiro atoms. The van der Waals surface area contributed by atoms with Crippen LogP contribution in [-0.2, 0) is 16.6 Å². The summed E-state index contributed by atoms with van der Waals surface area (Å²) in [6.07, 6.45) is 0. The van der Waals surface area contributed by atoms with Gasteiger partial charge in [0.2, 0.25) is 0 Å². The zero-order chi connectivity index (χ0) is 19.8. The van der Waals surface area contributed by atoms with E-state index in [1.807, 2.05) is 38.1 Å². The third-order valence-corrected chi connectivity index (χ3v) is 5.96. The summed E-state index contributed by atoms with van der Waals surface area (Å²) in [6, 6.07) is 11.8. The van der Waals surface area contributed by atoms with Crippen molar-refractivity contribution in [2.45, 2.75) is 18.4 Å². The average Bonchev–Trinajstić information content (AvgIpc) is 2.58. The summed E-state index contributed by atoms with van der Waals surface area (Å²) in [5.74, 6) is 0. The first-order valence-electron chi connectivity index (χ1n) is 8.19. The monoisotopic (exact) mass is 459 g/mol. The van der Waals surface area contributed by atoms with Crippen LogP contribution in [0, 0.1) is 6.92 Å². The molecular formula is C19H20Cl3N3O2S. The highest BCUT2D eigenvalue weighted by molar-refractivity contribution is 7.92. The molecule has 0 fully saturated rings. The number of pyridine rings is 1. The topological polar surface area (TPSA) is 62.3 Å². The number of nitrogens with zero attached hydrogens (tertiary/aromatic N) is 2. The number of halogens is 3. The van der Waals surface area contributed by atoms with E-state index in [1.54, 1.807) is 24.3 Å². The van der Waals surface area contributed by atoms with Gasteiger partial charge in [-0.05, 0) is 51.4 Å². The molecule has 0 aliphatic rings. The Kier molecular flexibility index (Phi) is 7.17. The van der Waals surface area contributed by atoms with Crippen LogP contribution in [0.3, 0.4) is 0 Å². The summed E-state index contributed by atoms with van der Waals surface area (Å²) in [5.41, 5.74) is 2.39. The van der Waals surface area contributed by atoms with Gasteiger partial charge in [0, 0.05) is 11.9 Å². The van der Waals surface area contributed by atoms with Crippen LogP contribution in [0.4, 0.5) is 5.69 Å². The number of hydrogen-bond donors (Lipinski definition) is 1. The van der Waals surface area contributed by atoms with Crippen LogP contribution >= 0.6 is 35.6 Å². The predicted octanol–water partition coefficient (Wildman–Crippen LogP) is 5.13. The molecule has 3 aromatic rings. The van der Waals surface area contributed by atoms with Crippen LogP contribution in [-0.4, -0.2) is 32.4 Å². The number of anilines is 1. The molecule has 2 aromatic carbocycles. The van der Waals surface area contributed by atoms with Gasteiger partial charge in [-0.15, -0.1) is 12.4 Å². The van der Waals surface area contributed by atoms with Gasteiger partial charge >= 0.3 is 0 Å². The summed E-state index contributed by atoms with van der Waals surface area (Å²) in [6.45, 7) is 2.49. The standard InChI is InChI=1S/C19H19Cl2N3O2S.ClH/c1-12-4-7-14(8-5-12)27(25,26)23-19-17(21)10-16(20)15-9-6-13(11-24(2)3)22-18(15)19;/h4-10,23H,11H2,1-3H3;1H. The normalized spacial score (nSPS) is 11.5. The van der Waals surface area contributed by atoms with Crippen LogP contribution in [0.1, 0.15) is 11.3 Å². The van der Waals surface area contributed by atoms with Crippen LogP contribution in [0.25, 0.3) is 10.9 Å². The molecule has 0 atom stereocenters. The molecule has 5 nitrogen and oxygen atoms in total. The highest BCUT2D eigenvalue weighted by Crippen LogP contribution is 2.36. The first kappa shape index (κ1) is 22.7. The Hall–Kier alpha value is -1.57. The number of rotatable bonds is 5. The van der Waals surface area contributed by atoms with Crippen molar-refractivity contribution >= 4 is 62.2 Å². The first-order chi connectivity index (χ1) is 12.7. The number of sulfonamides is 1. The molecule has 28 heavy (non-hydrogen) atoms. The molecule has 0 aliphatic carbocycles. The van der Waals surface area contributed by atoms with E-state index in [0.717, 1.165) is 11.3 Å². The lowest BCUT2D eigenvalue weighted by atomic mass is 10.1. The highest BCUT2D eigenvalue weighted by atomic mass is 35.5. The van der Waals surface area contributed by atoms with Gasteiger partial charge in [-0.1, -0.05) is 40.9 Å². The minimum Gasteiger partial charge on any atom is -0.304 e. The van der Waals surface area contributed by atoms with E-state index in [4.69, 9.17) is 23.2 Å². The first-order valence-corrected chi connectivity index (χ1v) is 10.4. The van der Waals surface area contributed by atoms with Crippen molar-refractivity contribution in [1.29, 1.82) is 0 Å². The van der Waals surface area contributed by atoms with Gasteiger partial charge in [0.05, 0.1) is 31.8 Å². The van der Waals surface area contributed by atoms with Crippen molar-refractivity contribution in [3.63, 3.8) is 0 Å². The summed E-state index contributed by atoms with van der Waals surface area (Å²) in [7, 11) is 0.0361. The minimum absolute atomic E-state index is 0. The Labute approximate surface area is 181 Å². The number of benzene rings is 2. The molecule has 1 aromatic heterocycles. The van der Waals surface area contributed by atoms with Crippen molar-refractivity contribution in [1.82, 2.24) is 9.88 Å². The Morgan fingerprint density at radius 2 is 1.68 bits per heavy atom. The number of aryl methyl sites for hydroxylation is 1. The molecule has 0 amide bonds. The lowest BCUT2D eigenvalue weighted by Crippen LogP contribution is -2.15. The SMILES string of the molecule is Cc1ccc(S(=O)(=O)Nc2c(Cl)cc(Cl)c3ccc(CN(C)C)nc23)cc1.Cl. The number of hydrogen-bond acceptors (Lipinski definition) is 4. The van der Waals surface area contributed by atoms with E-state index in [0.29, 0.717) is 22.5 Å². The highest BCUT2D eigenvalue weighted by Gasteiger charge is 2.20. The average molecular weight is 461 g/mol. The summed E-state index contributed by atoms with van der Waals surface area (Å²) in [5, 5.41) is 1.24. The van der Waals surface area contributed by atoms with Crippen molar-refractivity contribution in [2.24, 2.45) is 0 Å². The van der Waals surface area contributed by atoms with Gasteiger partial charge in [-0.25, -0.2) is 13.4 Å². The van der Waals surface area contributed by atoms with E-state index >= 15 is 0 Å². The maximum Gasteiger partial charge on any atom is 0.262 e. The fraction of sp³-hybridized carbons (Fsp3) is 0.211. The Balaban J connectivity index is 0.00000280. The lowest BCUT2D eigenvalue weighted by molar-refractivity contribution is 0.397. The Morgan fingerprint density at radius 1 is 1.04 bits per heavy atom. The van der Waals surface area contributed by atoms with E-state index < -0.39 is 10.0 Å². The number of nitrogens with one attached hydrogen (secondary N) is 1. The van der Waals surface area contributed by atoms with Gasteiger partial charge in [0.1, 0.15) is 0 Å². The fourth-order valence-electron chi connectivity index (χ4n) is 2.68. The van der Waals surface area contributed by atoms with Crippen molar-refractivity contribution < 1.29 is 8.42 Å². The molecule has 3 rings (SSSR count). The molecule has 0 saturated heterocycles. The van der Waals surface area contributed by atoms with E-state index in [2.05, 4.69) is 9.71 Å². The van der Waals surface area contributed by atoms with Crippen LogP contribution in [0.15, 0.2) is 47.4 Å². The second kappa shape index (κ2) is 8.84. The summed E-state index contributed by atoms with van der Waals surface area (Å²) in [4.78, 5) is 6.71. The summed E-state index contributed by atoms with van der Waals surface area (Å²) >= 11 is 12.6. The second-order valence-electron chi connectivity index (χ2n) is 6.57. The maximum atomic E-state index is 12.8. The Bertz CT molecular complexity index is 1100. The quantitative estimate of drug-likeness (QED) is 0.573. The third kappa shape index (κ3) is 4.88. The third-order valence-electron chi connectivity index (χ3n) is 3.99. The van der Waals surface area contributed by atoms with Crippen molar-refractivity contribution in [2.75, 3.05) is 18.8 Å². The lowest BCUT2D eigenvalue weighted by Gasteiger charge is -2.15. The van der Waals surface area contributed by atoms with E-state index in [-0.39, 0.29) is 28.0 Å². The zero-order valence-electron chi connectivity index (χ0n) is 15.5. The van der Waals surface area contributed by atoms with Gasteiger partial charge < -0.3 is 4.90 Å². The largest absolute Gasteiger partial charge is 0.304 e. The van der Waals surface area contributed by atoms with Gasteiger partial charge in [-0.2, -0.15) is 0 Å². The molecule has 9 heteroatoms. The molecule has 0 radical (unpaired) electrons. The van der Waals surface area contributed by atoms with Crippen molar-refractivity contribution in [3.8, 4) is 0 Å². The molecule has 0 saturated carbocycles. The van der Waals surface area contributed by atoms with Gasteiger partial charge in [0.15, 0.2) is 0 Å². The zero-order valence-corrected chi connectivity index (χ0v) is 18.7. The summed E-state index contributed by atoms with van der Waals surface area (Å²) < 4.78 is 28.2. The smallest absolute Gasteiger partial charge is 0.262 e. The van der Waals surface area contributed by atoms with Crippen molar-refractivity contribution in [3.05, 3.63) is 63.8 Å². The van der Waals surface area contributed by atoms with Gasteiger partial charge in [-0.3, -0.25) is 4.72 Å². The molecule has 1 heterocycles. The predicted molar refractivity (Wildman–Crippen MR) is 118 cm³/mol. The van der Waals surface area contributed by atoms with E-state index in [1.165, 1.54) is 6.07 Å². The maximum absolute atomic E-state index is 12.8. The fourth-order valence-corrected chi connectivity index (χ4v) is 4.38. The van der Waals surface area contributed by atoms with Crippen LogP contribution in [0.5, 0.6) is 0 Å². The molecule has 0 aliphatic heterocycles. The molecule has 1 N–H and O–H groups in total.